The third kappa shape index (κ3) is 5.16. The number of ether oxygens (including phenoxy) is 1. The molecule has 0 saturated heterocycles. The van der Waals surface area contributed by atoms with E-state index in [0.29, 0.717) is 5.02 Å². The lowest BCUT2D eigenvalue weighted by Crippen LogP contribution is -2.35. The van der Waals surface area contributed by atoms with Gasteiger partial charge in [0.05, 0.1) is 9.95 Å². The van der Waals surface area contributed by atoms with Gasteiger partial charge in [0.25, 0.3) is 17.5 Å². The number of fused-ring (bicyclic) bond motifs is 1. The molecule has 1 aromatic heterocycles. The third-order valence-corrected chi connectivity index (χ3v) is 5.84. The number of carbonyl (C=O) groups is 3. The first-order valence-electron chi connectivity index (χ1n) is 8.97. The molecule has 3 rings (SSSR count). The lowest BCUT2D eigenvalue weighted by molar-refractivity contribution is -0.383. The van der Waals surface area contributed by atoms with Crippen LogP contribution < -0.4 is 10.6 Å². The fraction of sp³-hybridized carbons (Fsp3) is 0.150. The van der Waals surface area contributed by atoms with Crippen molar-refractivity contribution in [3.63, 3.8) is 0 Å². The van der Waals surface area contributed by atoms with E-state index in [1.54, 1.807) is 12.1 Å². The highest BCUT2D eigenvalue weighted by atomic mass is 35.5. The van der Waals surface area contributed by atoms with Crippen LogP contribution in [0.3, 0.4) is 0 Å². The van der Waals surface area contributed by atoms with Gasteiger partial charge in [-0.2, -0.15) is 0 Å². The van der Waals surface area contributed by atoms with E-state index in [0.717, 1.165) is 10.1 Å². The minimum Gasteiger partial charge on any atom is -0.451 e. The minimum absolute atomic E-state index is 0.0203. The molecule has 1 unspecified atom stereocenters. The Labute approximate surface area is 185 Å². The number of thiophene rings is 1. The van der Waals surface area contributed by atoms with Crippen LogP contribution in [0.2, 0.25) is 5.02 Å². The number of hydrogen-bond acceptors (Lipinski definition) is 7. The number of nitrogens with zero attached hydrogens (tertiary/aromatic N) is 1. The molecule has 0 spiro atoms. The molecule has 0 aliphatic carbocycles. The predicted molar refractivity (Wildman–Crippen MR) is 116 cm³/mol. The maximum Gasteiger partial charge on any atom is 0.326 e. The molecule has 0 saturated carbocycles. The van der Waals surface area contributed by atoms with Crippen molar-refractivity contribution >= 4 is 62.2 Å². The van der Waals surface area contributed by atoms with Crippen LogP contribution in [0.15, 0.2) is 48.5 Å². The number of halogens is 1. The summed E-state index contributed by atoms with van der Waals surface area (Å²) in [5.74, 6) is -2.14. The van der Waals surface area contributed by atoms with Crippen LogP contribution >= 0.6 is 22.9 Å². The summed E-state index contributed by atoms with van der Waals surface area (Å²) in [6, 6.07) is 12.8. The average Bonchev–Trinajstić information content (AvgIpc) is 3.09. The van der Waals surface area contributed by atoms with Gasteiger partial charge in [-0.3, -0.25) is 24.5 Å². The number of nitro benzene ring substituents is 1. The standard InChI is InChI=1S/C20H16ClN3O6S/c1-11(19(26)23-13-7-3-4-8-14(13)24(28)29)30-16(25)10-22-20(27)18-17(21)12-6-2-5-9-15(12)31-18/h2-9,11H,10H2,1H3,(H,22,27)(H,23,26). The molecule has 1 heterocycles. The second-order valence-corrected chi connectivity index (χ2v) is 7.75. The van der Waals surface area contributed by atoms with Crippen LogP contribution in [0, 0.1) is 10.1 Å². The first kappa shape index (κ1) is 22.2. The Bertz CT molecular complexity index is 1180. The molecule has 2 N–H and O–H groups in total. The summed E-state index contributed by atoms with van der Waals surface area (Å²) in [6.07, 6.45) is -1.24. The monoisotopic (exact) mass is 461 g/mol. The van der Waals surface area contributed by atoms with E-state index < -0.39 is 35.4 Å². The normalized spacial score (nSPS) is 11.5. The second kappa shape index (κ2) is 9.54. The quantitative estimate of drug-likeness (QED) is 0.313. The molecule has 2 amide bonds. The molecular formula is C20H16ClN3O6S. The number of benzene rings is 2. The summed E-state index contributed by atoms with van der Waals surface area (Å²) < 4.78 is 5.83. The maximum atomic E-state index is 12.4. The van der Waals surface area contributed by atoms with E-state index in [1.165, 1.54) is 42.5 Å². The SMILES string of the molecule is CC(OC(=O)CNC(=O)c1sc2ccccc2c1Cl)C(=O)Nc1ccccc1[N+](=O)[O-]. The molecule has 11 heteroatoms. The number of nitro groups is 1. The topological polar surface area (TPSA) is 128 Å². The Balaban J connectivity index is 1.55. The number of anilines is 1. The zero-order chi connectivity index (χ0) is 22.5. The zero-order valence-corrected chi connectivity index (χ0v) is 17.7. The van der Waals surface area contributed by atoms with Crippen LogP contribution in [0.5, 0.6) is 0 Å². The van der Waals surface area contributed by atoms with E-state index in [1.807, 2.05) is 12.1 Å². The van der Waals surface area contributed by atoms with Crippen LogP contribution in [0.25, 0.3) is 10.1 Å². The summed E-state index contributed by atoms with van der Waals surface area (Å²) in [4.78, 5) is 47.2. The molecule has 2 aromatic carbocycles. The third-order valence-electron chi connectivity index (χ3n) is 4.17. The van der Waals surface area contributed by atoms with E-state index in [9.17, 15) is 24.5 Å². The second-order valence-electron chi connectivity index (χ2n) is 6.32. The largest absolute Gasteiger partial charge is 0.451 e. The molecule has 3 aromatic rings. The van der Waals surface area contributed by atoms with Crippen molar-refractivity contribution in [3.8, 4) is 0 Å². The lowest BCUT2D eigenvalue weighted by Gasteiger charge is -2.14. The Morgan fingerprint density at radius 1 is 1.16 bits per heavy atom. The maximum absolute atomic E-state index is 12.4. The number of carbonyl (C=O) groups excluding carboxylic acids is 3. The highest BCUT2D eigenvalue weighted by Crippen LogP contribution is 2.34. The molecule has 9 nitrogen and oxygen atoms in total. The Morgan fingerprint density at radius 3 is 2.55 bits per heavy atom. The number of esters is 1. The summed E-state index contributed by atoms with van der Waals surface area (Å²) >= 11 is 7.43. The molecule has 0 aliphatic rings. The van der Waals surface area contributed by atoms with Gasteiger partial charge >= 0.3 is 5.97 Å². The van der Waals surface area contributed by atoms with E-state index >= 15 is 0 Å². The molecule has 0 fully saturated rings. The Morgan fingerprint density at radius 2 is 1.84 bits per heavy atom. The van der Waals surface area contributed by atoms with Crippen molar-refractivity contribution in [3.05, 3.63) is 68.5 Å². The number of rotatable bonds is 7. The molecular weight excluding hydrogens is 446 g/mol. The Kier molecular flexibility index (Phi) is 6.83. The average molecular weight is 462 g/mol. The highest BCUT2D eigenvalue weighted by Gasteiger charge is 2.23. The van der Waals surface area contributed by atoms with Crippen LogP contribution in [0.4, 0.5) is 11.4 Å². The molecule has 160 valence electrons. The van der Waals surface area contributed by atoms with Gasteiger partial charge in [0, 0.05) is 16.2 Å². The first-order chi connectivity index (χ1) is 14.8. The number of hydrogen-bond donors (Lipinski definition) is 2. The van der Waals surface area contributed by atoms with Crippen LogP contribution in [-0.2, 0) is 14.3 Å². The van der Waals surface area contributed by atoms with Gasteiger partial charge in [0.2, 0.25) is 0 Å². The van der Waals surface area contributed by atoms with Gasteiger partial charge in [-0.1, -0.05) is 41.9 Å². The van der Waals surface area contributed by atoms with Crippen LogP contribution in [0.1, 0.15) is 16.6 Å². The van der Waals surface area contributed by atoms with Crippen molar-refractivity contribution < 1.29 is 24.0 Å². The van der Waals surface area contributed by atoms with E-state index in [4.69, 9.17) is 16.3 Å². The summed E-state index contributed by atoms with van der Waals surface area (Å²) in [7, 11) is 0. The van der Waals surface area contributed by atoms with Crippen molar-refractivity contribution in [1.29, 1.82) is 0 Å². The molecule has 0 radical (unpaired) electrons. The van der Waals surface area contributed by atoms with E-state index in [-0.39, 0.29) is 16.3 Å². The first-order valence-corrected chi connectivity index (χ1v) is 10.2. The lowest BCUT2D eigenvalue weighted by atomic mass is 10.2. The van der Waals surface area contributed by atoms with Gasteiger partial charge in [0.1, 0.15) is 17.1 Å². The number of nitrogens with one attached hydrogen (secondary N) is 2. The van der Waals surface area contributed by atoms with Gasteiger partial charge in [-0.15, -0.1) is 11.3 Å². The minimum atomic E-state index is -1.24. The zero-order valence-electron chi connectivity index (χ0n) is 16.1. The van der Waals surface area contributed by atoms with Crippen molar-refractivity contribution in [2.75, 3.05) is 11.9 Å². The fourth-order valence-corrected chi connectivity index (χ4v) is 4.09. The Hall–Kier alpha value is -3.50. The fourth-order valence-electron chi connectivity index (χ4n) is 2.66. The number of para-hydroxylation sites is 2. The smallest absolute Gasteiger partial charge is 0.326 e. The summed E-state index contributed by atoms with van der Waals surface area (Å²) in [6.45, 7) is 0.833. The molecule has 0 aliphatic heterocycles. The van der Waals surface area contributed by atoms with Gasteiger partial charge in [-0.05, 0) is 19.1 Å². The van der Waals surface area contributed by atoms with Crippen molar-refractivity contribution in [1.82, 2.24) is 5.32 Å². The van der Waals surface area contributed by atoms with Crippen molar-refractivity contribution in [2.45, 2.75) is 13.0 Å². The molecule has 1 atom stereocenters. The highest BCUT2D eigenvalue weighted by molar-refractivity contribution is 7.21. The molecule has 31 heavy (non-hydrogen) atoms. The predicted octanol–water partition coefficient (Wildman–Crippen LogP) is 3.76. The summed E-state index contributed by atoms with van der Waals surface area (Å²) in [5.41, 5.74) is -0.310. The summed E-state index contributed by atoms with van der Waals surface area (Å²) in [5, 5.41) is 16.8. The van der Waals surface area contributed by atoms with Gasteiger partial charge in [-0.25, -0.2) is 0 Å². The van der Waals surface area contributed by atoms with E-state index in [2.05, 4.69) is 10.6 Å². The van der Waals surface area contributed by atoms with Crippen LogP contribution in [-0.4, -0.2) is 35.4 Å². The van der Waals surface area contributed by atoms with Gasteiger partial charge < -0.3 is 15.4 Å². The number of amides is 2. The molecule has 0 bridgehead atoms. The van der Waals surface area contributed by atoms with Gasteiger partial charge in [0.15, 0.2) is 6.10 Å². The van der Waals surface area contributed by atoms with Crippen molar-refractivity contribution in [2.24, 2.45) is 0 Å².